The zero-order valence-electron chi connectivity index (χ0n) is 25.5. The highest BCUT2D eigenvalue weighted by Gasteiger charge is 2.58. The number of nitrogens with one attached hydrogen (secondary N) is 1. The third-order valence-electron chi connectivity index (χ3n) is 8.21. The van der Waals surface area contributed by atoms with Gasteiger partial charge in [-0.15, -0.1) is 0 Å². The van der Waals surface area contributed by atoms with Crippen molar-refractivity contribution in [3.8, 4) is 0 Å². The molecular formula is C32H49NO8. The molecule has 3 rings (SSSR count). The number of epoxide rings is 1. The first-order valence-corrected chi connectivity index (χ1v) is 15.0. The van der Waals surface area contributed by atoms with Gasteiger partial charge in [0, 0.05) is 25.7 Å². The number of esters is 1. The van der Waals surface area contributed by atoms with Crippen molar-refractivity contribution >= 4 is 17.7 Å². The van der Waals surface area contributed by atoms with E-state index in [0.29, 0.717) is 25.4 Å². The molecule has 9 nitrogen and oxygen atoms in total. The summed E-state index contributed by atoms with van der Waals surface area (Å²) < 4.78 is 22.7. The maximum Gasteiger partial charge on any atom is 0.305 e. The van der Waals surface area contributed by atoms with E-state index in [1.165, 1.54) is 7.11 Å². The summed E-state index contributed by atoms with van der Waals surface area (Å²) >= 11 is 0. The van der Waals surface area contributed by atoms with E-state index in [0.717, 1.165) is 18.4 Å². The molecule has 3 aliphatic rings. The first kappa shape index (κ1) is 33.2. The van der Waals surface area contributed by atoms with Crippen LogP contribution in [-0.2, 0) is 33.3 Å². The third-order valence-corrected chi connectivity index (χ3v) is 8.21. The summed E-state index contributed by atoms with van der Waals surface area (Å²) in [7, 11) is 1.33. The molecule has 1 spiro atoms. The molecule has 0 aromatic carbocycles. The summed E-state index contributed by atoms with van der Waals surface area (Å²) in [6, 6.07) is -0.0230. The highest BCUT2D eigenvalue weighted by atomic mass is 16.6. The number of ketones is 1. The Morgan fingerprint density at radius 2 is 1.88 bits per heavy atom. The van der Waals surface area contributed by atoms with Crippen molar-refractivity contribution in [1.29, 1.82) is 0 Å². The van der Waals surface area contributed by atoms with Gasteiger partial charge in [-0.05, 0) is 51.0 Å². The number of methoxy groups -OCH3 is 1. The topological polar surface area (TPSA) is 124 Å². The van der Waals surface area contributed by atoms with Gasteiger partial charge in [0.05, 0.1) is 38.1 Å². The molecule has 9 heteroatoms. The van der Waals surface area contributed by atoms with Gasteiger partial charge in [0.2, 0.25) is 5.91 Å². The van der Waals surface area contributed by atoms with Crippen LogP contribution < -0.4 is 5.32 Å². The van der Waals surface area contributed by atoms with Crippen LogP contribution in [0.4, 0.5) is 0 Å². The fourth-order valence-electron chi connectivity index (χ4n) is 5.53. The Labute approximate surface area is 244 Å². The first-order valence-electron chi connectivity index (χ1n) is 15.0. The number of carbonyl (C=O) groups excluding carboxylic acids is 3. The molecule has 230 valence electrons. The van der Waals surface area contributed by atoms with E-state index in [-0.39, 0.29) is 67.2 Å². The van der Waals surface area contributed by atoms with Crippen LogP contribution >= 0.6 is 0 Å². The van der Waals surface area contributed by atoms with Gasteiger partial charge in [0.15, 0.2) is 0 Å². The smallest absolute Gasteiger partial charge is 0.305 e. The Kier molecular flexibility index (Phi) is 12.3. The summed E-state index contributed by atoms with van der Waals surface area (Å²) in [4.78, 5) is 36.0. The summed E-state index contributed by atoms with van der Waals surface area (Å²) in [5.74, 6) is 0.219. The number of aliphatic hydroxyl groups is 1. The lowest BCUT2D eigenvalue weighted by Crippen LogP contribution is -2.50. The molecule has 0 aliphatic carbocycles. The molecule has 3 heterocycles. The fourth-order valence-corrected chi connectivity index (χ4v) is 5.53. The van der Waals surface area contributed by atoms with Crippen LogP contribution in [0.3, 0.4) is 0 Å². The molecule has 3 saturated heterocycles. The maximum absolute atomic E-state index is 12.5. The largest absolute Gasteiger partial charge is 0.469 e. The number of allylic oxidation sites excluding steroid dienone is 3. The summed E-state index contributed by atoms with van der Waals surface area (Å²) in [5.41, 5.74) is 0.366. The van der Waals surface area contributed by atoms with Gasteiger partial charge in [-0.1, -0.05) is 50.6 Å². The Morgan fingerprint density at radius 3 is 2.54 bits per heavy atom. The van der Waals surface area contributed by atoms with E-state index in [1.54, 1.807) is 6.08 Å². The van der Waals surface area contributed by atoms with Gasteiger partial charge in [-0.2, -0.15) is 0 Å². The van der Waals surface area contributed by atoms with Crippen LogP contribution in [-0.4, -0.2) is 78.6 Å². The summed E-state index contributed by atoms with van der Waals surface area (Å²) in [6.07, 6.45) is 10.9. The quantitative estimate of drug-likeness (QED) is 0.146. The van der Waals surface area contributed by atoms with Crippen LogP contribution in [0.25, 0.3) is 0 Å². The maximum atomic E-state index is 12.5. The molecule has 0 aromatic rings. The van der Waals surface area contributed by atoms with Crippen molar-refractivity contribution in [2.45, 2.75) is 122 Å². The Morgan fingerprint density at radius 1 is 1.15 bits per heavy atom. The van der Waals surface area contributed by atoms with Gasteiger partial charge in [0.1, 0.15) is 23.6 Å². The van der Waals surface area contributed by atoms with E-state index >= 15 is 0 Å². The molecule has 0 bridgehead atoms. The Balaban J connectivity index is 1.50. The van der Waals surface area contributed by atoms with Crippen molar-refractivity contribution < 1.29 is 38.4 Å². The zero-order chi connectivity index (χ0) is 30.2. The second kappa shape index (κ2) is 15.2. The predicted octanol–water partition coefficient (Wildman–Crippen LogP) is 3.98. The summed E-state index contributed by atoms with van der Waals surface area (Å²) in [6.45, 7) is 10.7. The Bertz CT molecular complexity index is 998. The normalized spacial score (nSPS) is 34.0. The molecule has 2 N–H and O–H groups in total. The van der Waals surface area contributed by atoms with Gasteiger partial charge in [-0.3, -0.25) is 14.4 Å². The lowest BCUT2D eigenvalue weighted by Gasteiger charge is -2.39. The van der Waals surface area contributed by atoms with Crippen LogP contribution in [0.2, 0.25) is 0 Å². The average molecular weight is 576 g/mol. The third kappa shape index (κ3) is 10.2. The molecule has 0 aromatic heterocycles. The van der Waals surface area contributed by atoms with Crippen LogP contribution in [0.15, 0.2) is 36.0 Å². The summed E-state index contributed by atoms with van der Waals surface area (Å²) in [5, 5.41) is 14.0. The number of rotatable bonds is 13. The molecular weight excluding hydrogens is 526 g/mol. The van der Waals surface area contributed by atoms with E-state index in [4.69, 9.17) is 14.2 Å². The lowest BCUT2D eigenvalue weighted by molar-refractivity contribution is -0.144. The molecule has 0 saturated carbocycles. The SMILES string of the molecule is COC(=O)CCCC(=O)C[C@@H]1C[C@@]2(CO2)[C@H](O)[C@@H](/C=C/C(C)=C/C[C@@H]2O[C@H](C)[C@H](NC(=O)/C=C\C(C)C)C[C@@H]2C)O1. The number of aliphatic hydroxyl groups excluding tert-OH is 1. The number of Topliss-reactive ketones (excluding diaryl/α,β-unsaturated/α-hetero) is 1. The van der Waals surface area contributed by atoms with E-state index in [9.17, 15) is 19.5 Å². The number of ether oxygens (including phenoxy) is 4. The van der Waals surface area contributed by atoms with Crippen molar-refractivity contribution in [3.63, 3.8) is 0 Å². The average Bonchev–Trinajstić information content (AvgIpc) is 3.69. The molecule has 0 unspecified atom stereocenters. The molecule has 41 heavy (non-hydrogen) atoms. The standard InChI is InChI=1S/C32H49NO8/c1-20(2)10-15-29(35)33-26-16-22(4)27(40-23(26)5)13-11-21(3)12-14-28-31(37)32(19-39-32)18-25(41-28)17-24(34)8-7-9-30(36)38-6/h10-12,14-15,20,22-23,25-28,31,37H,7-9,13,16-19H2,1-6H3,(H,33,35)/b14-12+,15-10-,21-11+/t22-,23+,25+,26+,27-,28+,31+,32+/m0/s1. The van der Waals surface area contributed by atoms with Crippen molar-refractivity contribution in [3.05, 3.63) is 36.0 Å². The second-order valence-corrected chi connectivity index (χ2v) is 12.3. The van der Waals surface area contributed by atoms with E-state index in [1.807, 2.05) is 45.9 Å². The molecule has 0 radical (unpaired) electrons. The molecule has 8 atom stereocenters. The van der Waals surface area contributed by atoms with E-state index < -0.39 is 17.8 Å². The molecule has 3 fully saturated rings. The molecule has 3 aliphatic heterocycles. The highest BCUT2D eigenvalue weighted by molar-refractivity contribution is 5.87. The van der Waals surface area contributed by atoms with Gasteiger partial charge < -0.3 is 29.4 Å². The predicted molar refractivity (Wildman–Crippen MR) is 155 cm³/mol. The van der Waals surface area contributed by atoms with Gasteiger partial charge in [-0.25, -0.2) is 0 Å². The second-order valence-electron chi connectivity index (χ2n) is 12.3. The van der Waals surface area contributed by atoms with Crippen molar-refractivity contribution in [1.82, 2.24) is 5.32 Å². The fraction of sp³-hybridized carbons (Fsp3) is 0.719. The zero-order valence-corrected chi connectivity index (χ0v) is 25.5. The van der Waals surface area contributed by atoms with Gasteiger partial charge >= 0.3 is 5.97 Å². The minimum Gasteiger partial charge on any atom is -0.469 e. The monoisotopic (exact) mass is 575 g/mol. The number of amides is 1. The number of carbonyl (C=O) groups is 3. The van der Waals surface area contributed by atoms with Crippen LogP contribution in [0.1, 0.15) is 79.6 Å². The van der Waals surface area contributed by atoms with Crippen molar-refractivity contribution in [2.24, 2.45) is 11.8 Å². The minimum atomic E-state index is -0.803. The lowest BCUT2D eigenvalue weighted by atomic mass is 9.86. The Hall–Kier alpha value is -2.33. The minimum absolute atomic E-state index is 0.0227. The van der Waals surface area contributed by atoms with Crippen molar-refractivity contribution in [2.75, 3.05) is 13.7 Å². The van der Waals surface area contributed by atoms with Crippen LogP contribution in [0.5, 0.6) is 0 Å². The molecule has 1 amide bonds. The number of hydrogen-bond acceptors (Lipinski definition) is 8. The number of hydrogen-bond donors (Lipinski definition) is 2. The highest BCUT2D eigenvalue weighted by Crippen LogP contribution is 2.43. The van der Waals surface area contributed by atoms with E-state index in [2.05, 4.69) is 23.1 Å². The van der Waals surface area contributed by atoms with Gasteiger partial charge in [0.25, 0.3) is 0 Å². The first-order chi connectivity index (χ1) is 19.4. The van der Waals surface area contributed by atoms with Crippen LogP contribution in [0, 0.1) is 11.8 Å².